The van der Waals surface area contributed by atoms with Gasteiger partial charge in [-0.25, -0.2) is 15.6 Å². The third-order valence-electron chi connectivity index (χ3n) is 8.69. The van der Waals surface area contributed by atoms with E-state index in [1.54, 1.807) is 0 Å². The highest BCUT2D eigenvalue weighted by molar-refractivity contribution is 8.00. The number of nitrogens with one attached hydrogen (secondary N) is 1. The number of hydrogen-bond acceptors (Lipinski definition) is 7. The zero-order chi connectivity index (χ0) is 26.6. The maximum atomic E-state index is 6.11. The molecule has 4 aliphatic rings. The van der Waals surface area contributed by atoms with E-state index >= 15 is 0 Å². The number of thioether (sulfide) groups is 1. The van der Waals surface area contributed by atoms with Gasteiger partial charge < -0.3 is 9.64 Å². The Hall–Kier alpha value is -1.74. The number of piperidine rings is 1. The molecule has 0 aliphatic carbocycles. The van der Waals surface area contributed by atoms with Crippen molar-refractivity contribution in [1.29, 1.82) is 0 Å². The smallest absolute Gasteiger partial charge is 0.0983 e. The Labute approximate surface area is 243 Å². The van der Waals surface area contributed by atoms with E-state index < -0.39 is 0 Å². The Morgan fingerprint density at radius 2 is 1.69 bits per heavy atom. The lowest BCUT2D eigenvalue weighted by atomic mass is 9.90. The fraction of sp³-hybridized carbons (Fsp3) is 0.548. The van der Waals surface area contributed by atoms with E-state index in [1.165, 1.54) is 59.6 Å². The lowest BCUT2D eigenvalue weighted by molar-refractivity contribution is -0.0493. The van der Waals surface area contributed by atoms with Crippen molar-refractivity contribution in [3.63, 3.8) is 0 Å². The summed E-state index contributed by atoms with van der Waals surface area (Å²) in [5.74, 6) is 1.78. The molecule has 2 saturated heterocycles. The maximum Gasteiger partial charge on any atom is 0.0983 e. The molecule has 4 heterocycles. The number of aryl methyl sites for hydroxylation is 1. The van der Waals surface area contributed by atoms with Gasteiger partial charge in [0.2, 0.25) is 0 Å². The predicted octanol–water partition coefficient (Wildman–Crippen LogP) is 5.51. The van der Waals surface area contributed by atoms with Crippen LogP contribution in [0.4, 0.5) is 5.69 Å². The molecule has 1 unspecified atom stereocenters. The van der Waals surface area contributed by atoms with Crippen LogP contribution < -0.4 is 10.3 Å². The molecule has 6 nitrogen and oxygen atoms in total. The lowest BCUT2D eigenvalue weighted by Crippen LogP contribution is -2.51. The number of rotatable bonds is 8. The molecule has 0 radical (unpaired) electrons. The third kappa shape index (κ3) is 6.61. The zero-order valence-corrected chi connectivity index (χ0v) is 24.7. The summed E-state index contributed by atoms with van der Waals surface area (Å²) in [5.41, 5.74) is 10.9. The van der Waals surface area contributed by atoms with Crippen LogP contribution in [0.2, 0.25) is 5.02 Å². The van der Waals surface area contributed by atoms with Crippen LogP contribution in [0.25, 0.3) is 0 Å². The van der Waals surface area contributed by atoms with E-state index in [9.17, 15) is 0 Å². The minimum Gasteiger partial charge on any atom is -0.377 e. The summed E-state index contributed by atoms with van der Waals surface area (Å²) in [6, 6.07) is 17.4. The molecule has 2 fully saturated rings. The van der Waals surface area contributed by atoms with Gasteiger partial charge in [0.25, 0.3) is 0 Å². The number of halogens is 1. The molecular formula is C31H42ClN5OS. The van der Waals surface area contributed by atoms with Crippen molar-refractivity contribution >= 4 is 29.1 Å². The van der Waals surface area contributed by atoms with Crippen LogP contribution in [0, 0.1) is 6.92 Å². The number of benzene rings is 2. The first-order valence-electron chi connectivity index (χ1n) is 14.7. The number of piperazine rings is 1. The highest BCUT2D eigenvalue weighted by Crippen LogP contribution is 2.36. The predicted molar refractivity (Wildman–Crippen MR) is 163 cm³/mol. The molecule has 2 aromatic carbocycles. The van der Waals surface area contributed by atoms with Crippen molar-refractivity contribution in [2.45, 2.75) is 43.9 Å². The quantitative estimate of drug-likeness (QED) is 0.421. The van der Waals surface area contributed by atoms with Gasteiger partial charge in [-0.2, -0.15) is 0 Å². The molecule has 2 aromatic rings. The number of nitrogens with zero attached hydrogens (tertiary/aromatic N) is 4. The summed E-state index contributed by atoms with van der Waals surface area (Å²) in [6.45, 7) is 11.6. The molecule has 0 spiro atoms. The van der Waals surface area contributed by atoms with E-state index in [2.05, 4.69) is 80.4 Å². The molecule has 6 rings (SSSR count). The highest BCUT2D eigenvalue weighted by atomic mass is 35.5. The maximum absolute atomic E-state index is 6.11. The summed E-state index contributed by atoms with van der Waals surface area (Å²) in [5, 5.41) is 6.08. The van der Waals surface area contributed by atoms with Crippen LogP contribution in [0.1, 0.15) is 42.7 Å². The minimum absolute atomic E-state index is 0.327. The Morgan fingerprint density at radius 1 is 0.949 bits per heavy atom. The molecule has 210 valence electrons. The molecule has 0 aromatic heterocycles. The van der Waals surface area contributed by atoms with Gasteiger partial charge in [-0.05, 0) is 74.2 Å². The Balaban J connectivity index is 0.954. The van der Waals surface area contributed by atoms with Crippen molar-refractivity contribution < 1.29 is 4.74 Å². The van der Waals surface area contributed by atoms with Crippen molar-refractivity contribution in [3.05, 3.63) is 76.0 Å². The van der Waals surface area contributed by atoms with Gasteiger partial charge in [-0.1, -0.05) is 41.4 Å². The summed E-state index contributed by atoms with van der Waals surface area (Å²) < 4.78 is 5.91. The van der Waals surface area contributed by atoms with Crippen molar-refractivity contribution in [1.82, 2.24) is 20.5 Å². The summed E-state index contributed by atoms with van der Waals surface area (Å²) >= 11 is 8.17. The van der Waals surface area contributed by atoms with Crippen LogP contribution >= 0.6 is 23.4 Å². The number of hydrazine groups is 2. The number of hydrogen-bond donors (Lipinski definition) is 1. The largest absolute Gasteiger partial charge is 0.377 e. The van der Waals surface area contributed by atoms with E-state index in [0.29, 0.717) is 11.3 Å². The second kappa shape index (κ2) is 12.8. The topological polar surface area (TPSA) is 34.2 Å². The van der Waals surface area contributed by atoms with Gasteiger partial charge in [-0.3, -0.25) is 4.90 Å². The number of anilines is 1. The van der Waals surface area contributed by atoms with Gasteiger partial charge in [0, 0.05) is 62.0 Å². The van der Waals surface area contributed by atoms with Crippen molar-refractivity contribution in [2.24, 2.45) is 0 Å². The molecule has 1 atom stereocenters. The number of ether oxygens (including phenoxy) is 1. The van der Waals surface area contributed by atoms with Gasteiger partial charge in [0.15, 0.2) is 0 Å². The fourth-order valence-electron chi connectivity index (χ4n) is 6.33. The summed E-state index contributed by atoms with van der Waals surface area (Å²) in [6.07, 6.45) is 4.58. The first kappa shape index (κ1) is 27.4. The van der Waals surface area contributed by atoms with E-state index in [4.69, 9.17) is 16.3 Å². The second-order valence-electron chi connectivity index (χ2n) is 11.3. The van der Waals surface area contributed by atoms with Gasteiger partial charge in [0.1, 0.15) is 0 Å². The lowest BCUT2D eigenvalue weighted by Gasteiger charge is -2.40. The van der Waals surface area contributed by atoms with Gasteiger partial charge in [-0.15, -0.1) is 11.8 Å². The van der Waals surface area contributed by atoms with E-state index in [0.717, 1.165) is 63.9 Å². The van der Waals surface area contributed by atoms with Crippen LogP contribution in [-0.4, -0.2) is 85.2 Å². The Kier molecular flexibility index (Phi) is 9.03. The van der Waals surface area contributed by atoms with Crippen molar-refractivity contribution in [3.8, 4) is 0 Å². The summed E-state index contributed by atoms with van der Waals surface area (Å²) in [4.78, 5) is 5.16. The van der Waals surface area contributed by atoms with Crippen molar-refractivity contribution in [2.75, 3.05) is 69.7 Å². The molecule has 39 heavy (non-hydrogen) atoms. The summed E-state index contributed by atoms with van der Waals surface area (Å²) in [7, 11) is 0. The van der Waals surface area contributed by atoms with Crippen LogP contribution in [0.3, 0.4) is 0 Å². The van der Waals surface area contributed by atoms with E-state index in [1.807, 2.05) is 12.1 Å². The third-order valence-corrected chi connectivity index (χ3v) is 10.2. The van der Waals surface area contributed by atoms with Gasteiger partial charge >= 0.3 is 0 Å². The monoisotopic (exact) mass is 567 g/mol. The Morgan fingerprint density at radius 3 is 2.44 bits per heavy atom. The SMILES string of the molecule is Cc1ccc(N2CCN(CCCSC3NN(N4CCC(c5ccc(Cl)cc5)CC4)C4=C3COCC4)CC2)cc1. The first-order chi connectivity index (χ1) is 19.1. The molecule has 0 amide bonds. The Bertz CT molecular complexity index is 1110. The molecule has 4 aliphatic heterocycles. The normalized spacial score (nSPS) is 23.5. The molecule has 0 bridgehead atoms. The average Bonchev–Trinajstić information content (AvgIpc) is 3.35. The highest BCUT2D eigenvalue weighted by Gasteiger charge is 2.37. The standard InChI is InChI=1S/C31H42ClN5OS/c1-24-3-9-28(10-4-24)35-19-17-34(18-20-35)14-2-22-39-31-29-23-38-21-13-30(29)37(33-31)36-15-11-26(12-16-36)25-5-7-27(32)8-6-25/h3-10,26,31,33H,2,11-23H2,1H3. The molecule has 1 N–H and O–H groups in total. The molecule has 0 saturated carbocycles. The molecular weight excluding hydrogens is 526 g/mol. The fourth-order valence-corrected chi connectivity index (χ4v) is 7.57. The second-order valence-corrected chi connectivity index (χ2v) is 12.9. The zero-order valence-electron chi connectivity index (χ0n) is 23.2. The van der Waals surface area contributed by atoms with Crippen LogP contribution in [0.15, 0.2) is 59.8 Å². The first-order valence-corrected chi connectivity index (χ1v) is 16.1. The average molecular weight is 568 g/mol. The van der Waals surface area contributed by atoms with Gasteiger partial charge in [0.05, 0.1) is 24.3 Å². The minimum atomic E-state index is 0.327. The molecule has 8 heteroatoms. The van der Waals surface area contributed by atoms with Crippen LogP contribution in [-0.2, 0) is 4.74 Å². The van der Waals surface area contributed by atoms with E-state index in [-0.39, 0.29) is 0 Å². The van der Waals surface area contributed by atoms with Crippen LogP contribution in [0.5, 0.6) is 0 Å².